The Labute approximate surface area is 127 Å². The van der Waals surface area contributed by atoms with Crippen LogP contribution in [0.1, 0.15) is 46.0 Å². The number of carboxylic acid groups (broad SMARTS) is 1. The Balaban J connectivity index is 4.67. The molecule has 0 aromatic carbocycles. The predicted octanol–water partition coefficient (Wildman–Crippen LogP) is 1.68. The van der Waals surface area contributed by atoms with E-state index >= 15 is 0 Å². The summed E-state index contributed by atoms with van der Waals surface area (Å²) in [5, 5.41) is 10.8. The van der Waals surface area contributed by atoms with E-state index in [2.05, 4.69) is 13.8 Å². The second kappa shape index (κ2) is 9.40. The van der Waals surface area contributed by atoms with Gasteiger partial charge in [0.1, 0.15) is 0 Å². The molecule has 5 heteroatoms. The number of carbonyl (C=O) groups excluding carboxylic acids is 2. The molecule has 0 radical (unpaired) electrons. The maximum Gasteiger partial charge on any atom is 0.192 e. The fourth-order valence-electron chi connectivity index (χ4n) is 2.28. The van der Waals surface area contributed by atoms with Gasteiger partial charge in [0.05, 0.1) is 32.9 Å². The number of carboxylic acids is 1. The summed E-state index contributed by atoms with van der Waals surface area (Å²) in [6, 6.07) is 0. The van der Waals surface area contributed by atoms with Gasteiger partial charge in [-0.15, -0.1) is 0 Å². The molecular weight excluding hydrogens is 274 g/mol. The van der Waals surface area contributed by atoms with E-state index in [1.54, 1.807) is 0 Å². The van der Waals surface area contributed by atoms with E-state index in [9.17, 15) is 14.7 Å². The Hall–Kier alpha value is -0.550. The van der Waals surface area contributed by atoms with Gasteiger partial charge in [-0.25, -0.2) is 0 Å². The number of quaternary nitrogens is 1. The maximum absolute atomic E-state index is 12.3. The SMILES string of the molecule is CCCC(CCC)C(=O)SC(CC(=O)[O-])C[N+](C)(C)C. The molecule has 0 spiro atoms. The Bertz CT molecular complexity index is 307. The van der Waals surface area contributed by atoms with E-state index in [0.717, 1.165) is 25.7 Å². The van der Waals surface area contributed by atoms with Crippen LogP contribution < -0.4 is 5.11 Å². The highest BCUT2D eigenvalue weighted by Gasteiger charge is 2.26. The van der Waals surface area contributed by atoms with Gasteiger partial charge in [-0.2, -0.15) is 0 Å². The molecular formula is C15H29NO3S. The zero-order chi connectivity index (χ0) is 15.8. The minimum Gasteiger partial charge on any atom is -0.550 e. The monoisotopic (exact) mass is 303 g/mol. The van der Waals surface area contributed by atoms with Crippen molar-refractivity contribution in [3.63, 3.8) is 0 Å². The Kier molecular flexibility index (Phi) is 9.14. The van der Waals surface area contributed by atoms with Crippen molar-refractivity contribution >= 4 is 22.8 Å². The van der Waals surface area contributed by atoms with E-state index in [-0.39, 0.29) is 22.7 Å². The second-order valence-electron chi connectivity index (χ2n) is 6.38. The fourth-order valence-corrected chi connectivity index (χ4v) is 3.78. The van der Waals surface area contributed by atoms with E-state index in [4.69, 9.17) is 0 Å². The van der Waals surface area contributed by atoms with Gasteiger partial charge in [0.25, 0.3) is 0 Å². The topological polar surface area (TPSA) is 57.2 Å². The number of hydrogen-bond donors (Lipinski definition) is 0. The lowest BCUT2D eigenvalue weighted by molar-refractivity contribution is -0.869. The van der Waals surface area contributed by atoms with Crippen molar-refractivity contribution in [2.75, 3.05) is 27.7 Å². The fraction of sp³-hybridized carbons (Fsp3) is 0.867. The minimum atomic E-state index is -1.08. The predicted molar refractivity (Wildman–Crippen MR) is 82.2 cm³/mol. The van der Waals surface area contributed by atoms with Crippen LogP contribution in [0, 0.1) is 5.92 Å². The molecule has 0 rings (SSSR count). The lowest BCUT2D eigenvalue weighted by Crippen LogP contribution is -2.42. The van der Waals surface area contributed by atoms with Gasteiger partial charge < -0.3 is 14.4 Å². The van der Waals surface area contributed by atoms with E-state index in [0.29, 0.717) is 11.0 Å². The molecule has 4 nitrogen and oxygen atoms in total. The molecule has 0 amide bonds. The second-order valence-corrected chi connectivity index (χ2v) is 7.69. The van der Waals surface area contributed by atoms with Crippen molar-refractivity contribution in [2.45, 2.75) is 51.2 Å². The number of hydrogen-bond acceptors (Lipinski definition) is 4. The molecule has 118 valence electrons. The molecule has 0 saturated heterocycles. The van der Waals surface area contributed by atoms with Crippen molar-refractivity contribution in [2.24, 2.45) is 5.92 Å². The Morgan fingerprint density at radius 3 is 1.95 bits per heavy atom. The van der Waals surface area contributed by atoms with Crippen LogP contribution in [0.2, 0.25) is 0 Å². The third kappa shape index (κ3) is 9.37. The molecule has 0 bridgehead atoms. The number of thioether (sulfide) groups is 1. The lowest BCUT2D eigenvalue weighted by atomic mass is 10.0. The molecule has 0 heterocycles. The third-order valence-corrected chi connectivity index (χ3v) is 4.25. The van der Waals surface area contributed by atoms with E-state index in [1.807, 2.05) is 21.1 Å². The summed E-state index contributed by atoms with van der Waals surface area (Å²) in [6.07, 6.45) is 3.69. The normalized spacial score (nSPS) is 13.5. The van der Waals surface area contributed by atoms with Crippen molar-refractivity contribution in [1.29, 1.82) is 0 Å². The molecule has 0 aromatic rings. The van der Waals surface area contributed by atoms with Gasteiger partial charge in [-0.05, 0) is 12.8 Å². The van der Waals surface area contributed by atoms with Gasteiger partial charge in [0.15, 0.2) is 5.12 Å². The highest BCUT2D eigenvalue weighted by atomic mass is 32.2. The molecule has 1 unspecified atom stereocenters. The smallest absolute Gasteiger partial charge is 0.192 e. The zero-order valence-electron chi connectivity index (χ0n) is 13.5. The number of carbonyl (C=O) groups is 2. The van der Waals surface area contributed by atoms with Crippen molar-refractivity contribution in [1.82, 2.24) is 0 Å². The van der Waals surface area contributed by atoms with Crippen LogP contribution in [0.25, 0.3) is 0 Å². The average molecular weight is 303 g/mol. The van der Waals surface area contributed by atoms with Crippen LogP contribution in [-0.2, 0) is 9.59 Å². The van der Waals surface area contributed by atoms with Crippen LogP contribution in [0.4, 0.5) is 0 Å². The van der Waals surface area contributed by atoms with Gasteiger partial charge >= 0.3 is 0 Å². The van der Waals surface area contributed by atoms with E-state index in [1.165, 1.54) is 11.8 Å². The summed E-state index contributed by atoms with van der Waals surface area (Å²) in [7, 11) is 6.01. The number of rotatable bonds is 10. The molecule has 0 saturated carbocycles. The summed E-state index contributed by atoms with van der Waals surface area (Å²) in [5.74, 6) is -1.02. The summed E-state index contributed by atoms with van der Waals surface area (Å²) in [4.78, 5) is 23.2. The lowest BCUT2D eigenvalue weighted by Gasteiger charge is -2.29. The highest BCUT2D eigenvalue weighted by Crippen LogP contribution is 2.26. The summed E-state index contributed by atoms with van der Waals surface area (Å²) in [5.41, 5.74) is 0. The van der Waals surface area contributed by atoms with Crippen LogP contribution in [0.5, 0.6) is 0 Å². The number of nitrogens with zero attached hydrogens (tertiary/aromatic N) is 1. The number of aliphatic carboxylic acids is 1. The molecule has 0 aliphatic rings. The van der Waals surface area contributed by atoms with Gasteiger partial charge in [0.2, 0.25) is 0 Å². The largest absolute Gasteiger partial charge is 0.550 e. The molecule has 0 N–H and O–H groups in total. The van der Waals surface area contributed by atoms with Crippen molar-refractivity contribution in [3.8, 4) is 0 Å². The molecule has 0 fully saturated rings. The third-order valence-electron chi connectivity index (χ3n) is 3.04. The first-order valence-corrected chi connectivity index (χ1v) is 8.28. The van der Waals surface area contributed by atoms with Crippen LogP contribution in [-0.4, -0.2) is 48.5 Å². The standard InChI is InChI=1S/C15H29NO3S/c1-6-8-12(9-7-2)15(19)20-13(10-14(17)18)11-16(3,4)5/h12-13H,6-11H2,1-5H3. The van der Waals surface area contributed by atoms with Crippen molar-refractivity contribution in [3.05, 3.63) is 0 Å². The minimum absolute atomic E-state index is 0.0586. The molecule has 0 aromatic heterocycles. The van der Waals surface area contributed by atoms with Gasteiger partial charge in [-0.1, -0.05) is 38.5 Å². The Morgan fingerprint density at radius 1 is 1.10 bits per heavy atom. The van der Waals surface area contributed by atoms with Crippen molar-refractivity contribution < 1.29 is 19.2 Å². The van der Waals surface area contributed by atoms with E-state index < -0.39 is 5.97 Å². The molecule has 0 aliphatic heterocycles. The van der Waals surface area contributed by atoms with Crippen LogP contribution >= 0.6 is 11.8 Å². The quantitative estimate of drug-likeness (QED) is 0.576. The van der Waals surface area contributed by atoms with Gasteiger partial charge in [-0.3, -0.25) is 4.79 Å². The average Bonchev–Trinajstić information content (AvgIpc) is 2.25. The summed E-state index contributed by atoms with van der Waals surface area (Å²) >= 11 is 1.21. The first kappa shape index (κ1) is 19.4. The van der Waals surface area contributed by atoms with Crippen LogP contribution in [0.3, 0.4) is 0 Å². The molecule has 20 heavy (non-hydrogen) atoms. The molecule has 1 atom stereocenters. The zero-order valence-corrected chi connectivity index (χ0v) is 14.3. The summed E-state index contributed by atoms with van der Waals surface area (Å²) < 4.78 is 0.643. The first-order chi connectivity index (χ1) is 9.19. The van der Waals surface area contributed by atoms with Gasteiger partial charge in [0, 0.05) is 18.3 Å². The van der Waals surface area contributed by atoms with Crippen LogP contribution in [0.15, 0.2) is 0 Å². The summed E-state index contributed by atoms with van der Waals surface area (Å²) in [6.45, 7) is 4.80. The first-order valence-electron chi connectivity index (χ1n) is 7.40. The highest BCUT2D eigenvalue weighted by molar-refractivity contribution is 8.14. The maximum atomic E-state index is 12.3. The Morgan fingerprint density at radius 2 is 1.60 bits per heavy atom. The molecule has 0 aliphatic carbocycles.